The Hall–Kier alpha value is -2.54. The van der Waals surface area contributed by atoms with Crippen molar-refractivity contribution in [3.63, 3.8) is 0 Å². The minimum absolute atomic E-state index is 0.120. The van der Waals surface area contributed by atoms with E-state index in [-0.39, 0.29) is 5.41 Å². The van der Waals surface area contributed by atoms with E-state index < -0.39 is 0 Å². The van der Waals surface area contributed by atoms with Crippen molar-refractivity contribution in [3.05, 3.63) is 82.5 Å². The molecule has 3 aromatic rings. The first-order chi connectivity index (χ1) is 11.9. The Morgan fingerprint density at radius 2 is 1.64 bits per heavy atom. The van der Waals surface area contributed by atoms with Gasteiger partial charge in [0.1, 0.15) is 0 Å². The molecule has 0 saturated carbocycles. The minimum atomic E-state index is 0.120. The highest BCUT2D eigenvalue weighted by molar-refractivity contribution is 5.88. The lowest BCUT2D eigenvalue weighted by Crippen LogP contribution is -2.24. The number of allylic oxidation sites excluding steroid dienone is 1. The van der Waals surface area contributed by atoms with Gasteiger partial charge in [-0.25, -0.2) is 0 Å². The van der Waals surface area contributed by atoms with Crippen molar-refractivity contribution < 1.29 is 0 Å². The van der Waals surface area contributed by atoms with Crippen LogP contribution in [0.4, 0.5) is 5.69 Å². The molecule has 0 bridgehead atoms. The Bertz CT molecular complexity index is 992. The summed E-state index contributed by atoms with van der Waals surface area (Å²) < 4.78 is 0. The molecule has 0 saturated heterocycles. The fourth-order valence-corrected chi connectivity index (χ4v) is 3.94. The zero-order chi connectivity index (χ0) is 17.6. The van der Waals surface area contributed by atoms with Crippen LogP contribution in [0.15, 0.2) is 60.3 Å². The molecule has 1 heteroatoms. The molecule has 126 valence electrons. The fourth-order valence-electron chi connectivity index (χ4n) is 3.94. The van der Waals surface area contributed by atoms with Gasteiger partial charge in [-0.15, -0.1) is 0 Å². The molecule has 0 unspecified atom stereocenters. The van der Waals surface area contributed by atoms with Crippen molar-refractivity contribution >= 4 is 22.5 Å². The minimum Gasteiger partial charge on any atom is -0.359 e. The topological polar surface area (TPSA) is 12.0 Å². The summed E-state index contributed by atoms with van der Waals surface area (Å²) in [7, 11) is 0. The molecule has 0 amide bonds. The molecule has 1 nitrogen and oxygen atoms in total. The van der Waals surface area contributed by atoms with Crippen LogP contribution >= 0.6 is 0 Å². The van der Waals surface area contributed by atoms with Gasteiger partial charge in [-0.3, -0.25) is 0 Å². The highest BCUT2D eigenvalue weighted by atomic mass is 14.9. The van der Waals surface area contributed by atoms with E-state index in [0.717, 1.165) is 6.42 Å². The maximum atomic E-state index is 3.64. The molecule has 4 rings (SSSR count). The Morgan fingerprint density at radius 3 is 2.44 bits per heavy atom. The Kier molecular flexibility index (Phi) is 3.68. The number of hydrogen-bond acceptors (Lipinski definition) is 1. The molecule has 0 heterocycles. The van der Waals surface area contributed by atoms with E-state index in [9.17, 15) is 0 Å². The monoisotopic (exact) mass is 327 g/mol. The molecular weight excluding hydrogens is 302 g/mol. The van der Waals surface area contributed by atoms with Gasteiger partial charge in [0.15, 0.2) is 0 Å². The van der Waals surface area contributed by atoms with E-state index in [1.165, 1.54) is 44.4 Å². The molecule has 1 N–H and O–H groups in total. The lowest BCUT2D eigenvalue weighted by Gasteiger charge is -2.33. The molecule has 1 aliphatic rings. The van der Waals surface area contributed by atoms with Gasteiger partial charge in [-0.2, -0.15) is 0 Å². The van der Waals surface area contributed by atoms with Crippen molar-refractivity contribution in [2.75, 3.05) is 5.32 Å². The van der Waals surface area contributed by atoms with Crippen molar-refractivity contribution in [3.8, 4) is 0 Å². The van der Waals surface area contributed by atoms with Crippen LogP contribution < -0.4 is 5.32 Å². The number of anilines is 1. The molecule has 0 atom stereocenters. The molecule has 0 aromatic heterocycles. The Balaban J connectivity index is 1.80. The second-order valence-corrected chi connectivity index (χ2v) is 8.01. The van der Waals surface area contributed by atoms with Gasteiger partial charge in [0.05, 0.1) is 0 Å². The molecule has 1 aliphatic carbocycles. The van der Waals surface area contributed by atoms with Crippen molar-refractivity contribution in [2.24, 2.45) is 0 Å². The predicted octanol–water partition coefficient (Wildman–Crippen LogP) is 6.59. The molecule has 0 radical (unpaired) electrons. The standard InChI is InChI=1S/C24H25N/c1-16-6-5-7-21(11-16)25-22-13-20-12-19-10-17(2)8-9-18(19)14-23(20)24(3,4)15-22/h5-14,25H,15H2,1-4H3. The third kappa shape index (κ3) is 3.07. The van der Waals surface area contributed by atoms with Gasteiger partial charge in [-0.1, -0.05) is 55.8 Å². The molecule has 25 heavy (non-hydrogen) atoms. The quantitative estimate of drug-likeness (QED) is 0.560. The van der Waals surface area contributed by atoms with Crippen LogP contribution in [-0.2, 0) is 5.41 Å². The molecule has 3 aromatic carbocycles. The zero-order valence-corrected chi connectivity index (χ0v) is 15.5. The first kappa shape index (κ1) is 16.0. The fraction of sp³-hybridized carbons (Fsp3) is 0.250. The maximum absolute atomic E-state index is 3.64. The smallest absolute Gasteiger partial charge is 0.0384 e. The number of fused-ring (bicyclic) bond motifs is 2. The lowest BCUT2D eigenvalue weighted by molar-refractivity contribution is 0.516. The molecule has 0 fully saturated rings. The van der Waals surface area contributed by atoms with E-state index in [0.29, 0.717) is 0 Å². The van der Waals surface area contributed by atoms with Gasteiger partial charge < -0.3 is 5.32 Å². The highest BCUT2D eigenvalue weighted by Gasteiger charge is 2.29. The average molecular weight is 327 g/mol. The lowest BCUT2D eigenvalue weighted by atomic mass is 9.74. The van der Waals surface area contributed by atoms with Gasteiger partial charge in [0.2, 0.25) is 0 Å². The van der Waals surface area contributed by atoms with Gasteiger partial charge in [0, 0.05) is 11.4 Å². The van der Waals surface area contributed by atoms with E-state index in [1.807, 2.05) is 0 Å². The largest absolute Gasteiger partial charge is 0.359 e. The number of nitrogens with one attached hydrogen (secondary N) is 1. The van der Waals surface area contributed by atoms with E-state index in [1.54, 1.807) is 0 Å². The molecule has 0 aliphatic heterocycles. The van der Waals surface area contributed by atoms with E-state index >= 15 is 0 Å². The van der Waals surface area contributed by atoms with Crippen molar-refractivity contribution in [1.82, 2.24) is 0 Å². The third-order valence-corrected chi connectivity index (χ3v) is 5.18. The summed E-state index contributed by atoms with van der Waals surface area (Å²) in [5.74, 6) is 0. The van der Waals surface area contributed by atoms with E-state index in [2.05, 4.69) is 93.7 Å². The summed E-state index contributed by atoms with van der Waals surface area (Å²) >= 11 is 0. The van der Waals surface area contributed by atoms with Crippen molar-refractivity contribution in [2.45, 2.75) is 39.5 Å². The zero-order valence-electron chi connectivity index (χ0n) is 15.5. The molecular formula is C24H25N. The highest BCUT2D eigenvalue weighted by Crippen LogP contribution is 2.40. The van der Waals surface area contributed by atoms with Gasteiger partial charge in [-0.05, 0) is 77.4 Å². The second-order valence-electron chi connectivity index (χ2n) is 8.01. The average Bonchev–Trinajstić information content (AvgIpc) is 2.52. The number of hydrogen-bond donors (Lipinski definition) is 1. The number of aryl methyl sites for hydroxylation is 2. The first-order valence-corrected chi connectivity index (χ1v) is 9.00. The van der Waals surface area contributed by atoms with Crippen LogP contribution in [-0.4, -0.2) is 0 Å². The van der Waals surface area contributed by atoms with Gasteiger partial charge in [0.25, 0.3) is 0 Å². The van der Waals surface area contributed by atoms with Crippen molar-refractivity contribution in [1.29, 1.82) is 0 Å². The van der Waals surface area contributed by atoms with Crippen LogP contribution in [0.5, 0.6) is 0 Å². The Morgan fingerprint density at radius 1 is 0.840 bits per heavy atom. The summed E-state index contributed by atoms with van der Waals surface area (Å²) in [6.07, 6.45) is 3.34. The van der Waals surface area contributed by atoms with Crippen LogP contribution in [0, 0.1) is 13.8 Å². The second kappa shape index (κ2) is 5.77. The van der Waals surface area contributed by atoms with E-state index in [4.69, 9.17) is 0 Å². The molecule has 0 spiro atoms. The summed E-state index contributed by atoms with van der Waals surface area (Å²) in [6.45, 7) is 8.98. The maximum Gasteiger partial charge on any atom is 0.0384 e. The number of benzene rings is 3. The van der Waals surface area contributed by atoms with Crippen LogP contribution in [0.2, 0.25) is 0 Å². The Labute approximate surface area is 150 Å². The summed E-state index contributed by atoms with van der Waals surface area (Å²) in [6, 6.07) is 20.0. The SMILES string of the molecule is Cc1cccc(NC2=Cc3cc4cc(C)ccc4cc3C(C)(C)C2)c1. The summed E-state index contributed by atoms with van der Waals surface area (Å²) in [4.78, 5) is 0. The van der Waals surface area contributed by atoms with Crippen LogP contribution in [0.1, 0.15) is 42.5 Å². The first-order valence-electron chi connectivity index (χ1n) is 9.00. The summed E-state index contributed by atoms with van der Waals surface area (Å²) in [5.41, 5.74) is 7.95. The third-order valence-electron chi connectivity index (χ3n) is 5.18. The van der Waals surface area contributed by atoms with Crippen LogP contribution in [0.3, 0.4) is 0 Å². The van der Waals surface area contributed by atoms with Gasteiger partial charge >= 0.3 is 0 Å². The number of rotatable bonds is 2. The predicted molar refractivity (Wildman–Crippen MR) is 109 cm³/mol. The van der Waals surface area contributed by atoms with Crippen LogP contribution in [0.25, 0.3) is 16.8 Å². The normalized spacial score (nSPS) is 15.6. The summed E-state index contributed by atoms with van der Waals surface area (Å²) in [5, 5.41) is 6.29.